The first-order chi connectivity index (χ1) is 12.8. The lowest BCUT2D eigenvalue weighted by atomic mass is 10.2. The maximum Gasteiger partial charge on any atom is 0.249 e. The van der Waals surface area contributed by atoms with Gasteiger partial charge in [0.1, 0.15) is 6.42 Å². The normalized spacial score (nSPS) is 11.1. The van der Waals surface area contributed by atoms with Gasteiger partial charge in [-0.05, 0) is 24.3 Å². The highest BCUT2D eigenvalue weighted by atomic mass is 35.5. The molecule has 6 nitrogen and oxygen atoms in total. The molecule has 2 aromatic rings. The minimum Gasteiger partial charge on any atom is -0.273 e. The van der Waals surface area contributed by atoms with Crippen molar-refractivity contribution in [3.05, 3.63) is 67.6 Å². The third kappa shape index (κ3) is 7.19. The van der Waals surface area contributed by atoms with Gasteiger partial charge in [0.05, 0.1) is 22.5 Å². The topological polar surface area (TPSA) is 82.9 Å². The number of benzene rings is 2. The number of carbonyl (C=O) groups is 2. The molecule has 27 heavy (non-hydrogen) atoms. The minimum atomic E-state index is -0.617. The second-order valence-corrected chi connectivity index (χ2v) is 6.78. The molecule has 2 rings (SSSR count). The van der Waals surface area contributed by atoms with E-state index in [9.17, 15) is 9.59 Å². The predicted molar refractivity (Wildman–Crippen MR) is 109 cm³/mol. The molecule has 0 unspecified atom stereocenters. The van der Waals surface area contributed by atoms with Crippen molar-refractivity contribution in [2.24, 2.45) is 10.2 Å². The van der Waals surface area contributed by atoms with Gasteiger partial charge in [-0.25, -0.2) is 10.9 Å². The molecule has 0 aromatic heterocycles. The van der Waals surface area contributed by atoms with Crippen LogP contribution in [0.2, 0.25) is 20.1 Å². The monoisotopic (exact) mass is 444 g/mol. The van der Waals surface area contributed by atoms with Gasteiger partial charge in [0.2, 0.25) is 11.8 Å². The van der Waals surface area contributed by atoms with Crippen molar-refractivity contribution in [3.8, 4) is 0 Å². The Morgan fingerprint density at radius 2 is 1.19 bits per heavy atom. The number of nitrogens with one attached hydrogen (secondary N) is 2. The number of amides is 2. The fraction of sp³-hybridized carbons (Fsp3) is 0.0588. The van der Waals surface area contributed by atoms with Crippen LogP contribution < -0.4 is 10.9 Å². The van der Waals surface area contributed by atoms with Gasteiger partial charge in [-0.15, -0.1) is 0 Å². The molecule has 10 heteroatoms. The van der Waals surface area contributed by atoms with Crippen molar-refractivity contribution in [1.82, 2.24) is 10.9 Å². The van der Waals surface area contributed by atoms with Crippen molar-refractivity contribution in [2.75, 3.05) is 0 Å². The van der Waals surface area contributed by atoms with E-state index in [1.165, 1.54) is 12.4 Å². The fourth-order valence-corrected chi connectivity index (χ4v) is 2.70. The summed E-state index contributed by atoms with van der Waals surface area (Å²) < 4.78 is 0. The quantitative estimate of drug-likeness (QED) is 0.395. The Bertz CT molecular complexity index is 842. The largest absolute Gasteiger partial charge is 0.273 e. The summed E-state index contributed by atoms with van der Waals surface area (Å²) in [5.41, 5.74) is 5.57. The maximum absolute atomic E-state index is 11.7. The van der Waals surface area contributed by atoms with Crippen molar-refractivity contribution in [3.63, 3.8) is 0 Å². The molecule has 0 saturated carbocycles. The van der Waals surface area contributed by atoms with Crippen molar-refractivity contribution in [1.29, 1.82) is 0 Å². The molecule has 0 radical (unpaired) electrons. The minimum absolute atomic E-state index is 0.383. The van der Waals surface area contributed by atoms with Gasteiger partial charge < -0.3 is 0 Å². The van der Waals surface area contributed by atoms with Crippen molar-refractivity contribution >= 4 is 70.6 Å². The molecule has 2 aromatic carbocycles. The molecule has 0 aliphatic rings. The summed E-state index contributed by atoms with van der Waals surface area (Å²) in [4.78, 5) is 23.4. The van der Waals surface area contributed by atoms with Gasteiger partial charge in [-0.1, -0.05) is 58.5 Å². The molecule has 0 fully saturated rings. The maximum atomic E-state index is 11.7. The SMILES string of the molecule is O=C(CC(=O)N/N=C/c1ccc(Cl)cc1Cl)N/N=C/c1ccc(Cl)cc1Cl. The van der Waals surface area contributed by atoms with Gasteiger partial charge >= 0.3 is 0 Å². The van der Waals surface area contributed by atoms with Gasteiger partial charge in [0.25, 0.3) is 0 Å². The number of hydrogen-bond acceptors (Lipinski definition) is 4. The van der Waals surface area contributed by atoms with Crippen LogP contribution in [0.4, 0.5) is 0 Å². The molecule has 0 heterocycles. The van der Waals surface area contributed by atoms with Crippen LogP contribution in [0.3, 0.4) is 0 Å². The highest BCUT2D eigenvalue weighted by Crippen LogP contribution is 2.20. The molecule has 2 amide bonds. The second kappa shape index (κ2) is 10.3. The van der Waals surface area contributed by atoms with Crippen LogP contribution in [0.25, 0.3) is 0 Å². The standard InChI is InChI=1S/C17H12Cl4N4O2/c18-12-3-1-10(14(20)5-12)8-22-24-16(26)7-17(27)25-23-9-11-2-4-13(19)6-15(11)21/h1-6,8-9H,7H2,(H,24,26)(H,25,27)/b22-8+,23-9+. The van der Waals surface area contributed by atoms with Gasteiger partial charge in [0.15, 0.2) is 0 Å². The average Bonchev–Trinajstić information content (AvgIpc) is 2.58. The first kappa shape index (κ1) is 21.2. The molecule has 0 atom stereocenters. The van der Waals surface area contributed by atoms with Gasteiger partial charge in [-0.3, -0.25) is 9.59 Å². The fourth-order valence-electron chi connectivity index (χ4n) is 1.78. The summed E-state index contributed by atoms with van der Waals surface area (Å²) in [6.45, 7) is 0. The van der Waals surface area contributed by atoms with Gasteiger partial charge in [-0.2, -0.15) is 10.2 Å². The Morgan fingerprint density at radius 1 is 0.778 bits per heavy atom. The van der Waals surface area contributed by atoms with E-state index in [0.29, 0.717) is 31.2 Å². The summed E-state index contributed by atoms with van der Waals surface area (Å²) in [7, 11) is 0. The van der Waals surface area contributed by atoms with Gasteiger partial charge in [0, 0.05) is 21.2 Å². The Balaban J connectivity index is 1.80. The van der Waals surface area contributed by atoms with E-state index in [4.69, 9.17) is 46.4 Å². The van der Waals surface area contributed by atoms with Crippen LogP contribution in [0.5, 0.6) is 0 Å². The zero-order valence-corrected chi connectivity index (χ0v) is 16.6. The van der Waals surface area contributed by atoms with E-state index in [2.05, 4.69) is 21.1 Å². The Kier molecular flexibility index (Phi) is 8.06. The number of hydrogen-bond donors (Lipinski definition) is 2. The lowest BCUT2D eigenvalue weighted by Crippen LogP contribution is -2.27. The van der Waals surface area contributed by atoms with Crippen molar-refractivity contribution < 1.29 is 9.59 Å². The van der Waals surface area contributed by atoms with Crippen molar-refractivity contribution in [2.45, 2.75) is 6.42 Å². The average molecular weight is 446 g/mol. The smallest absolute Gasteiger partial charge is 0.249 e. The summed E-state index contributed by atoms with van der Waals surface area (Å²) in [5.74, 6) is -1.23. The first-order valence-corrected chi connectivity index (χ1v) is 8.90. The van der Waals surface area contributed by atoms with Crippen LogP contribution in [0, 0.1) is 0 Å². The zero-order valence-electron chi connectivity index (χ0n) is 13.5. The summed E-state index contributed by atoms with van der Waals surface area (Å²) in [6, 6.07) is 9.65. The van der Waals surface area contributed by atoms with E-state index >= 15 is 0 Å². The van der Waals surface area contributed by atoms with E-state index in [0.717, 1.165) is 0 Å². The first-order valence-electron chi connectivity index (χ1n) is 7.39. The van der Waals surface area contributed by atoms with E-state index < -0.39 is 18.2 Å². The molecular formula is C17H12Cl4N4O2. The molecule has 2 N–H and O–H groups in total. The summed E-state index contributed by atoms with van der Waals surface area (Å²) >= 11 is 23.5. The van der Waals surface area contributed by atoms with Crippen LogP contribution in [-0.2, 0) is 9.59 Å². The Morgan fingerprint density at radius 3 is 1.56 bits per heavy atom. The Hall–Kier alpha value is -2.12. The molecule has 0 bridgehead atoms. The molecule has 0 aliphatic carbocycles. The Labute approximate surface area is 175 Å². The molecule has 0 spiro atoms. The molecule has 140 valence electrons. The number of carbonyl (C=O) groups excluding carboxylic acids is 2. The number of nitrogens with zero attached hydrogens (tertiary/aromatic N) is 2. The lowest BCUT2D eigenvalue weighted by molar-refractivity contribution is -0.129. The van der Waals surface area contributed by atoms with Crippen LogP contribution in [0.15, 0.2) is 46.6 Å². The van der Waals surface area contributed by atoms with E-state index in [1.807, 2.05) is 0 Å². The zero-order chi connectivity index (χ0) is 19.8. The summed E-state index contributed by atoms with van der Waals surface area (Å²) in [5, 5.41) is 9.20. The second-order valence-electron chi connectivity index (χ2n) is 5.09. The van der Waals surface area contributed by atoms with Crippen LogP contribution in [0.1, 0.15) is 17.5 Å². The number of hydrazone groups is 2. The summed E-state index contributed by atoms with van der Waals surface area (Å²) in [6.07, 6.45) is 2.22. The highest BCUT2D eigenvalue weighted by molar-refractivity contribution is 6.36. The predicted octanol–water partition coefficient (Wildman–Crippen LogP) is 4.29. The number of rotatable bonds is 6. The third-order valence-electron chi connectivity index (χ3n) is 3.03. The molecular weight excluding hydrogens is 434 g/mol. The lowest BCUT2D eigenvalue weighted by Gasteiger charge is -2.01. The molecule has 0 saturated heterocycles. The molecule has 0 aliphatic heterocycles. The van der Waals surface area contributed by atoms with Crippen LogP contribution in [-0.4, -0.2) is 24.2 Å². The third-order valence-corrected chi connectivity index (χ3v) is 4.16. The van der Waals surface area contributed by atoms with E-state index in [1.54, 1.807) is 36.4 Å². The highest BCUT2D eigenvalue weighted by Gasteiger charge is 2.08. The number of halogens is 4. The van der Waals surface area contributed by atoms with E-state index in [-0.39, 0.29) is 0 Å². The van der Waals surface area contributed by atoms with Crippen LogP contribution >= 0.6 is 46.4 Å².